The number of quaternary nitrogens is 2. The number of allylic oxidation sites excluding steroid dienone is 2. The van der Waals surface area contributed by atoms with Crippen LogP contribution in [0.4, 0.5) is 0 Å². The zero-order valence-electron chi connectivity index (χ0n) is 22.0. The van der Waals surface area contributed by atoms with Crippen LogP contribution < -0.4 is 10.6 Å². The van der Waals surface area contributed by atoms with Gasteiger partial charge in [-0.05, 0) is 77.0 Å². The fourth-order valence-corrected chi connectivity index (χ4v) is 5.87. The van der Waals surface area contributed by atoms with Gasteiger partial charge >= 0.3 is 0 Å². The van der Waals surface area contributed by atoms with E-state index in [4.69, 9.17) is 0 Å². The average molecular weight is 475 g/mol. The number of hydrogen-bond donors (Lipinski definition) is 2. The highest BCUT2D eigenvalue weighted by atomic mass is 16.1. The summed E-state index contributed by atoms with van der Waals surface area (Å²) >= 11 is 0. The van der Waals surface area contributed by atoms with Gasteiger partial charge in [0.15, 0.2) is 0 Å². The Hall–Kier alpha value is -1.66. The molecule has 0 aromatic rings. The van der Waals surface area contributed by atoms with E-state index in [0.29, 0.717) is 11.4 Å². The van der Waals surface area contributed by atoms with Gasteiger partial charge in [0.25, 0.3) is 0 Å². The van der Waals surface area contributed by atoms with E-state index in [2.05, 4.69) is 24.7 Å². The molecule has 2 fully saturated rings. The van der Waals surface area contributed by atoms with Crippen LogP contribution in [0.5, 0.6) is 0 Å². The smallest absolute Gasteiger partial charge is 0.203 e. The topological polar surface area (TPSA) is 58.2 Å². The van der Waals surface area contributed by atoms with E-state index in [-0.39, 0.29) is 11.6 Å². The monoisotopic (exact) mass is 474 g/mol. The summed E-state index contributed by atoms with van der Waals surface area (Å²) < 4.78 is 2.45. The highest BCUT2D eigenvalue weighted by Crippen LogP contribution is 2.18. The molecule has 6 heteroatoms. The van der Waals surface area contributed by atoms with E-state index >= 15 is 0 Å². The minimum absolute atomic E-state index is 0.0870. The Morgan fingerprint density at radius 3 is 1.35 bits per heavy atom. The highest BCUT2D eigenvalue weighted by molar-refractivity contribution is 6.19. The van der Waals surface area contributed by atoms with Gasteiger partial charge in [-0.1, -0.05) is 0 Å². The molecule has 0 bridgehead atoms. The van der Waals surface area contributed by atoms with Crippen LogP contribution in [0.3, 0.4) is 0 Å². The molecule has 0 radical (unpaired) electrons. The number of unbranched alkanes of at least 4 members (excludes halogenated alkanes) is 4. The van der Waals surface area contributed by atoms with Gasteiger partial charge in [0.2, 0.25) is 11.6 Å². The maximum Gasteiger partial charge on any atom is 0.203 e. The summed E-state index contributed by atoms with van der Waals surface area (Å²) in [6, 6.07) is 0. The summed E-state index contributed by atoms with van der Waals surface area (Å²) in [6.07, 6.45) is 18.1. The molecule has 2 saturated heterocycles. The molecule has 6 nitrogen and oxygen atoms in total. The fourth-order valence-electron chi connectivity index (χ4n) is 5.87. The molecule has 34 heavy (non-hydrogen) atoms. The van der Waals surface area contributed by atoms with Crippen LogP contribution >= 0.6 is 0 Å². The standard InChI is InChI=1S/C28H48N4O2/c1-31(19-11-5-12-20-31)17-9-3-7-15-29-25-23-28(34)26(24-27(25)33)30-16-8-4-10-18-32(2)21-13-6-14-22-32/h23-24H,3-22H2,1-2H3/p+2. The summed E-state index contributed by atoms with van der Waals surface area (Å²) in [7, 11) is 4.78. The minimum Gasteiger partial charge on any atom is -0.382 e. The van der Waals surface area contributed by atoms with Crippen LogP contribution in [0.25, 0.3) is 0 Å². The fraction of sp³-hybridized carbons (Fsp3) is 0.786. The van der Waals surface area contributed by atoms with E-state index in [1.165, 1.54) is 112 Å². The molecule has 2 aliphatic heterocycles. The third-order valence-corrected chi connectivity index (χ3v) is 8.25. The van der Waals surface area contributed by atoms with Gasteiger partial charge < -0.3 is 19.6 Å². The first-order valence-electron chi connectivity index (χ1n) is 14.1. The maximum atomic E-state index is 12.5. The van der Waals surface area contributed by atoms with Crippen molar-refractivity contribution < 1.29 is 18.6 Å². The Morgan fingerprint density at radius 1 is 0.588 bits per heavy atom. The van der Waals surface area contributed by atoms with Gasteiger partial charge in [-0.25, -0.2) is 0 Å². The van der Waals surface area contributed by atoms with Crippen molar-refractivity contribution in [2.45, 2.75) is 77.0 Å². The molecule has 2 heterocycles. The minimum atomic E-state index is -0.0870. The number of piperidine rings is 2. The molecule has 3 aliphatic rings. The van der Waals surface area contributed by atoms with Gasteiger partial charge in [-0.3, -0.25) is 9.59 Å². The molecule has 3 rings (SSSR count). The van der Waals surface area contributed by atoms with E-state index in [1.54, 1.807) is 0 Å². The van der Waals surface area contributed by atoms with E-state index < -0.39 is 0 Å². The highest BCUT2D eigenvalue weighted by Gasteiger charge is 2.25. The van der Waals surface area contributed by atoms with Crippen molar-refractivity contribution in [3.8, 4) is 0 Å². The number of nitrogens with zero attached hydrogens (tertiary/aromatic N) is 2. The number of nitrogens with one attached hydrogen (secondary N) is 2. The molecule has 0 saturated carbocycles. The molecule has 0 aromatic heterocycles. The number of carbonyl (C=O) groups is 2. The molecule has 0 atom stereocenters. The molecule has 0 unspecified atom stereocenters. The van der Waals surface area contributed by atoms with Crippen LogP contribution in [0, 0.1) is 0 Å². The summed E-state index contributed by atoms with van der Waals surface area (Å²) in [6.45, 7) is 9.32. The summed E-state index contributed by atoms with van der Waals surface area (Å²) in [4.78, 5) is 24.9. The van der Waals surface area contributed by atoms with Crippen molar-refractivity contribution in [1.29, 1.82) is 0 Å². The second kappa shape index (κ2) is 13.4. The normalized spacial score (nSPS) is 22.2. The summed E-state index contributed by atoms with van der Waals surface area (Å²) in [5.41, 5.74) is 0.896. The number of rotatable bonds is 14. The van der Waals surface area contributed by atoms with E-state index in [9.17, 15) is 9.59 Å². The molecular weight excluding hydrogens is 424 g/mol. The predicted octanol–water partition coefficient (Wildman–Crippen LogP) is 3.69. The van der Waals surface area contributed by atoms with Crippen molar-refractivity contribution in [2.24, 2.45) is 0 Å². The summed E-state index contributed by atoms with van der Waals surface area (Å²) in [5.74, 6) is -0.174. The van der Waals surface area contributed by atoms with Crippen LogP contribution in [-0.4, -0.2) is 87.0 Å². The molecular formula is C28H50N4O2+2. The second-order valence-corrected chi connectivity index (χ2v) is 11.5. The van der Waals surface area contributed by atoms with Gasteiger partial charge in [0.1, 0.15) is 0 Å². The first-order valence-corrected chi connectivity index (χ1v) is 14.1. The van der Waals surface area contributed by atoms with Crippen molar-refractivity contribution in [2.75, 3.05) is 66.5 Å². The second-order valence-electron chi connectivity index (χ2n) is 11.5. The molecule has 1 aliphatic carbocycles. The lowest BCUT2D eigenvalue weighted by molar-refractivity contribution is -0.914. The van der Waals surface area contributed by atoms with Gasteiger partial charge in [-0.2, -0.15) is 0 Å². The lowest BCUT2D eigenvalue weighted by atomic mass is 10.1. The largest absolute Gasteiger partial charge is 0.382 e. The number of likely N-dealkylation sites (tertiary alicyclic amines) is 2. The van der Waals surface area contributed by atoms with Crippen molar-refractivity contribution in [3.05, 3.63) is 23.5 Å². The number of hydrogen-bond acceptors (Lipinski definition) is 4. The lowest BCUT2D eigenvalue weighted by Crippen LogP contribution is -2.48. The lowest BCUT2D eigenvalue weighted by Gasteiger charge is -2.37. The van der Waals surface area contributed by atoms with Crippen LogP contribution in [0.1, 0.15) is 77.0 Å². The third kappa shape index (κ3) is 8.84. The number of carbonyl (C=O) groups excluding carboxylic acids is 2. The Bertz CT molecular complexity index is 669. The molecule has 0 spiro atoms. The third-order valence-electron chi connectivity index (χ3n) is 8.25. The first kappa shape index (κ1) is 26.9. The Balaban J connectivity index is 1.25. The Morgan fingerprint density at radius 2 is 0.971 bits per heavy atom. The number of ketones is 2. The Labute approximate surface area is 208 Å². The van der Waals surface area contributed by atoms with E-state index in [0.717, 1.165) is 38.8 Å². The molecule has 192 valence electrons. The molecule has 0 amide bonds. The van der Waals surface area contributed by atoms with Crippen LogP contribution in [0.15, 0.2) is 23.5 Å². The summed E-state index contributed by atoms with van der Waals surface area (Å²) in [5, 5.41) is 6.40. The van der Waals surface area contributed by atoms with Crippen LogP contribution in [0.2, 0.25) is 0 Å². The van der Waals surface area contributed by atoms with Crippen molar-refractivity contribution in [1.82, 2.24) is 10.6 Å². The van der Waals surface area contributed by atoms with Gasteiger partial charge in [-0.15, -0.1) is 0 Å². The Kier molecular flexibility index (Phi) is 10.6. The molecule has 2 N–H and O–H groups in total. The van der Waals surface area contributed by atoms with Gasteiger partial charge in [0.05, 0.1) is 64.8 Å². The van der Waals surface area contributed by atoms with Crippen molar-refractivity contribution in [3.63, 3.8) is 0 Å². The maximum absolute atomic E-state index is 12.5. The SMILES string of the molecule is C[N+]1(CCCCCNC2=CC(=O)C(NCCCCC[N+]3(C)CCCCC3)=CC2=O)CCCCC1. The van der Waals surface area contributed by atoms with Gasteiger partial charge in [0, 0.05) is 25.2 Å². The zero-order valence-corrected chi connectivity index (χ0v) is 22.0. The average Bonchev–Trinajstić information content (AvgIpc) is 2.82. The van der Waals surface area contributed by atoms with Crippen molar-refractivity contribution >= 4 is 11.6 Å². The predicted molar refractivity (Wildman–Crippen MR) is 139 cm³/mol. The van der Waals surface area contributed by atoms with E-state index in [1.807, 2.05) is 0 Å². The molecule has 0 aromatic carbocycles. The first-order chi connectivity index (χ1) is 16.4. The zero-order chi connectivity index (χ0) is 24.3. The van der Waals surface area contributed by atoms with Crippen LogP contribution in [-0.2, 0) is 9.59 Å². The quantitative estimate of drug-likeness (QED) is 0.229.